The molecule has 4 nitrogen and oxygen atoms in total. The second-order valence-electron chi connectivity index (χ2n) is 6.94. The molecule has 2 aromatic carbocycles. The number of fused-ring (bicyclic) bond motifs is 2. The van der Waals surface area contributed by atoms with Gasteiger partial charge in [0.05, 0.1) is 38.5 Å². The van der Waals surface area contributed by atoms with Crippen LogP contribution in [0.25, 0.3) is 0 Å². The number of hydrogen-bond acceptors (Lipinski definition) is 6. The summed E-state index contributed by atoms with van der Waals surface area (Å²) in [7, 11) is 0. The molecule has 2 saturated heterocycles. The molecule has 3 heterocycles. The van der Waals surface area contributed by atoms with Crippen LogP contribution in [0.3, 0.4) is 0 Å². The molecule has 142 valence electrons. The molecule has 2 atom stereocenters. The number of hydrogen-bond donors (Lipinski definition) is 1. The quantitative estimate of drug-likeness (QED) is 0.610. The first kappa shape index (κ1) is 18.3. The van der Waals surface area contributed by atoms with Gasteiger partial charge in [-0.05, 0) is 46.3 Å². The van der Waals surface area contributed by atoms with Crippen LogP contribution in [0.15, 0.2) is 60.5 Å². The monoisotopic (exact) mass is 464 g/mol. The molecule has 27 heavy (non-hydrogen) atoms. The third kappa shape index (κ3) is 3.78. The van der Waals surface area contributed by atoms with E-state index in [0.29, 0.717) is 12.1 Å². The van der Waals surface area contributed by atoms with E-state index in [1.807, 2.05) is 23.5 Å². The van der Waals surface area contributed by atoms with Crippen LogP contribution in [-0.2, 0) is 9.47 Å². The van der Waals surface area contributed by atoms with E-state index in [1.165, 1.54) is 29.7 Å². The van der Waals surface area contributed by atoms with Gasteiger partial charge in [-0.25, -0.2) is 0 Å². The fraction of sp³-hybridized carbons (Fsp3) is 0.400. The Morgan fingerprint density at radius 1 is 0.963 bits per heavy atom. The maximum atomic E-state index is 5.81. The first-order chi connectivity index (χ1) is 13.3. The molecule has 0 amide bonds. The van der Waals surface area contributed by atoms with Crippen LogP contribution < -0.4 is 5.32 Å². The summed E-state index contributed by atoms with van der Waals surface area (Å²) in [5, 5.41) is 3.73. The Hall–Kier alpha value is -0.700. The summed E-state index contributed by atoms with van der Waals surface area (Å²) in [6, 6.07) is 13.9. The van der Waals surface area contributed by atoms with E-state index < -0.39 is 0 Å². The highest BCUT2D eigenvalue weighted by atomic mass is 79.9. The van der Waals surface area contributed by atoms with Gasteiger partial charge in [0.2, 0.25) is 0 Å². The van der Waals surface area contributed by atoms with Crippen molar-refractivity contribution in [1.82, 2.24) is 4.90 Å². The first-order valence-electron chi connectivity index (χ1n) is 9.22. The van der Waals surface area contributed by atoms with Gasteiger partial charge in [0, 0.05) is 42.8 Å². The number of morpholine rings is 1. The number of nitrogens with one attached hydrogen (secondary N) is 1. The Bertz CT molecular complexity index is 845. The highest BCUT2D eigenvalue weighted by molar-refractivity contribution is 9.10. The van der Waals surface area contributed by atoms with Crippen molar-refractivity contribution in [2.24, 2.45) is 0 Å². The minimum Gasteiger partial charge on any atom is -0.379 e. The van der Waals surface area contributed by atoms with Crippen LogP contribution >= 0.6 is 39.5 Å². The summed E-state index contributed by atoms with van der Waals surface area (Å²) in [6.45, 7) is 5.20. The van der Waals surface area contributed by atoms with Crippen molar-refractivity contribution in [3.05, 3.63) is 40.9 Å². The second kappa shape index (κ2) is 7.97. The average Bonchev–Trinajstić information content (AvgIpc) is 3.16. The van der Waals surface area contributed by atoms with Gasteiger partial charge in [-0.3, -0.25) is 4.90 Å². The molecule has 0 bridgehead atoms. The van der Waals surface area contributed by atoms with Crippen LogP contribution in [0.1, 0.15) is 0 Å². The lowest BCUT2D eigenvalue weighted by molar-refractivity contribution is 0.0131. The van der Waals surface area contributed by atoms with Gasteiger partial charge >= 0.3 is 0 Å². The lowest BCUT2D eigenvalue weighted by Gasteiger charge is -2.35. The zero-order valence-electron chi connectivity index (χ0n) is 14.8. The molecule has 0 aromatic heterocycles. The second-order valence-corrected chi connectivity index (χ2v) is 9.93. The average molecular weight is 465 g/mol. The topological polar surface area (TPSA) is 33.7 Å². The summed E-state index contributed by atoms with van der Waals surface area (Å²) in [6.07, 6.45) is 0. The Morgan fingerprint density at radius 3 is 2.74 bits per heavy atom. The molecular formula is C20H21BrN2O2S2. The molecule has 0 radical (unpaired) electrons. The number of nitrogens with zero attached hydrogens (tertiary/aromatic N) is 1. The minimum atomic E-state index is 0.323. The van der Waals surface area contributed by atoms with Crippen molar-refractivity contribution >= 4 is 45.1 Å². The van der Waals surface area contributed by atoms with E-state index in [0.717, 1.165) is 39.5 Å². The molecule has 0 unspecified atom stereocenters. The fourth-order valence-corrected chi connectivity index (χ4v) is 6.85. The molecule has 0 aliphatic carbocycles. The minimum absolute atomic E-state index is 0.323. The zero-order valence-corrected chi connectivity index (χ0v) is 18.0. The highest BCUT2D eigenvalue weighted by Crippen LogP contribution is 2.51. The van der Waals surface area contributed by atoms with Crippen LogP contribution in [0.5, 0.6) is 0 Å². The van der Waals surface area contributed by atoms with E-state index >= 15 is 0 Å². The van der Waals surface area contributed by atoms with Crippen molar-refractivity contribution in [2.75, 3.05) is 44.8 Å². The normalized spacial score (nSPS) is 25.1. The van der Waals surface area contributed by atoms with Gasteiger partial charge in [0.1, 0.15) is 0 Å². The standard InChI is InChI=1S/C20H21BrN2O2S2/c21-14-2-1-3-18-20(14)27-17-5-4-13(10-19(17)26-18)22-15-11-25-12-16(15)23-6-8-24-9-7-23/h1-5,10,15-16,22H,6-9,11-12H2/t15-,16-/m1/s1. The molecular weight excluding hydrogens is 444 g/mol. The van der Waals surface area contributed by atoms with Crippen molar-refractivity contribution in [1.29, 1.82) is 0 Å². The molecule has 2 fully saturated rings. The number of halogens is 1. The third-order valence-corrected chi connectivity index (χ3v) is 8.74. The maximum absolute atomic E-state index is 5.81. The molecule has 3 aliphatic rings. The van der Waals surface area contributed by atoms with E-state index in [1.54, 1.807) is 0 Å². The predicted octanol–water partition coefficient (Wildman–Crippen LogP) is 4.58. The van der Waals surface area contributed by atoms with Crippen LogP contribution in [0.4, 0.5) is 5.69 Å². The van der Waals surface area contributed by atoms with Crippen LogP contribution in [0, 0.1) is 0 Å². The van der Waals surface area contributed by atoms with Crippen molar-refractivity contribution < 1.29 is 9.47 Å². The van der Waals surface area contributed by atoms with Gasteiger partial charge < -0.3 is 14.8 Å². The molecule has 5 rings (SSSR count). The SMILES string of the molecule is Brc1cccc2c1Sc1ccc(N[C@@H]3COC[C@H]3N3CCOCC3)cc1S2. The summed E-state index contributed by atoms with van der Waals surface area (Å²) in [5.41, 5.74) is 1.18. The van der Waals surface area contributed by atoms with Gasteiger partial charge in [0.25, 0.3) is 0 Å². The Morgan fingerprint density at radius 2 is 1.85 bits per heavy atom. The smallest absolute Gasteiger partial charge is 0.0684 e. The lowest BCUT2D eigenvalue weighted by atomic mass is 10.1. The summed E-state index contributed by atoms with van der Waals surface area (Å²) in [4.78, 5) is 7.77. The van der Waals surface area contributed by atoms with E-state index in [9.17, 15) is 0 Å². The molecule has 1 N–H and O–H groups in total. The highest BCUT2D eigenvalue weighted by Gasteiger charge is 2.34. The van der Waals surface area contributed by atoms with E-state index in [2.05, 4.69) is 62.5 Å². The molecule has 0 saturated carbocycles. The largest absolute Gasteiger partial charge is 0.379 e. The lowest BCUT2D eigenvalue weighted by Crippen LogP contribution is -2.50. The van der Waals surface area contributed by atoms with Gasteiger partial charge in [-0.15, -0.1) is 0 Å². The number of ether oxygens (including phenoxy) is 2. The molecule has 0 spiro atoms. The number of rotatable bonds is 3. The predicted molar refractivity (Wildman–Crippen MR) is 113 cm³/mol. The summed E-state index contributed by atoms with van der Waals surface area (Å²) in [5.74, 6) is 0. The first-order valence-corrected chi connectivity index (χ1v) is 11.6. The number of anilines is 1. The van der Waals surface area contributed by atoms with Gasteiger partial charge in [-0.2, -0.15) is 0 Å². The van der Waals surface area contributed by atoms with E-state index in [-0.39, 0.29) is 0 Å². The van der Waals surface area contributed by atoms with Crippen molar-refractivity contribution in [3.8, 4) is 0 Å². The number of benzene rings is 2. The Labute approximate surface area is 176 Å². The Kier molecular flexibility index (Phi) is 5.41. The van der Waals surface area contributed by atoms with Crippen LogP contribution in [-0.4, -0.2) is 56.5 Å². The van der Waals surface area contributed by atoms with Gasteiger partial charge in [0.15, 0.2) is 0 Å². The Balaban J connectivity index is 1.33. The zero-order chi connectivity index (χ0) is 18.2. The van der Waals surface area contributed by atoms with Gasteiger partial charge in [-0.1, -0.05) is 29.6 Å². The van der Waals surface area contributed by atoms with Crippen LogP contribution in [0.2, 0.25) is 0 Å². The molecule has 7 heteroatoms. The van der Waals surface area contributed by atoms with Crippen molar-refractivity contribution in [3.63, 3.8) is 0 Å². The fourth-order valence-electron chi connectivity index (χ4n) is 3.82. The van der Waals surface area contributed by atoms with E-state index in [4.69, 9.17) is 9.47 Å². The molecule has 3 aliphatic heterocycles. The molecule has 2 aromatic rings. The summed E-state index contributed by atoms with van der Waals surface area (Å²) >= 11 is 7.37. The third-order valence-electron chi connectivity index (χ3n) is 5.22. The van der Waals surface area contributed by atoms with Crippen molar-refractivity contribution in [2.45, 2.75) is 31.7 Å². The summed E-state index contributed by atoms with van der Waals surface area (Å²) < 4.78 is 12.5. The maximum Gasteiger partial charge on any atom is 0.0684 e.